The number of rotatable bonds is 2. The molecule has 0 saturated carbocycles. The molecule has 11 heavy (non-hydrogen) atoms. The van der Waals surface area contributed by atoms with Crippen LogP contribution in [0.4, 0.5) is 0 Å². The van der Waals surface area contributed by atoms with Crippen molar-refractivity contribution in [1.29, 1.82) is 0 Å². The summed E-state index contributed by atoms with van der Waals surface area (Å²) in [5.74, 6) is -0.293. The Morgan fingerprint density at radius 1 is 1.82 bits per heavy atom. The lowest BCUT2D eigenvalue weighted by atomic mass is 10.6. The first kappa shape index (κ1) is 10.0. The van der Waals surface area contributed by atoms with Gasteiger partial charge in [0, 0.05) is 6.54 Å². The van der Waals surface area contributed by atoms with Crippen molar-refractivity contribution in [3.05, 3.63) is 0 Å². The third-order valence-electron chi connectivity index (χ3n) is 1.08. The lowest BCUT2D eigenvalue weighted by Gasteiger charge is -2.01. The van der Waals surface area contributed by atoms with Gasteiger partial charge in [-0.05, 0) is 0 Å². The fraction of sp³-hybridized carbons (Fsp3) is 0.600. The molecule has 0 spiro atoms. The molecule has 0 aromatic carbocycles. The van der Waals surface area contributed by atoms with Gasteiger partial charge in [-0.1, -0.05) is 0 Å². The van der Waals surface area contributed by atoms with Gasteiger partial charge in [0.2, 0.25) is 0 Å². The molecule has 5 nitrogen and oxygen atoms in total. The topological polar surface area (TPSA) is 73.7 Å². The van der Waals surface area contributed by atoms with E-state index in [0.717, 1.165) is 13.1 Å². The van der Waals surface area contributed by atoms with E-state index in [1.165, 1.54) is 0 Å². The lowest BCUT2D eigenvalue weighted by molar-refractivity contribution is -0.135. The molecule has 1 aliphatic heterocycles. The van der Waals surface area contributed by atoms with E-state index in [1.807, 2.05) is 0 Å². The predicted molar refractivity (Wildman–Crippen MR) is 43.2 cm³/mol. The minimum Gasteiger partial charge on any atom is -0.480 e. The summed E-state index contributed by atoms with van der Waals surface area (Å²) in [6.45, 7) is 1.44. The monoisotopic (exact) mass is 179 g/mol. The highest BCUT2D eigenvalue weighted by atomic mass is 35.5. The molecule has 0 aromatic rings. The van der Waals surface area contributed by atoms with Crippen molar-refractivity contribution < 1.29 is 9.90 Å². The van der Waals surface area contributed by atoms with Crippen molar-refractivity contribution in [2.24, 2.45) is 4.99 Å². The van der Waals surface area contributed by atoms with Crippen LogP contribution in [-0.4, -0.2) is 36.7 Å². The zero-order chi connectivity index (χ0) is 7.40. The first-order valence-electron chi connectivity index (χ1n) is 3.03. The van der Waals surface area contributed by atoms with E-state index < -0.39 is 5.97 Å². The largest absolute Gasteiger partial charge is 0.480 e. The van der Waals surface area contributed by atoms with Crippen LogP contribution in [0.3, 0.4) is 0 Å². The number of aliphatic imine (C=N–C) groups is 1. The van der Waals surface area contributed by atoms with Crippen LogP contribution < -0.4 is 10.6 Å². The maximum absolute atomic E-state index is 10.0. The van der Waals surface area contributed by atoms with Crippen LogP contribution in [0, 0.1) is 0 Å². The SMILES string of the molecule is Cl.O=C(O)CNC1=NCCN1. The molecule has 1 rings (SSSR count). The second kappa shape index (κ2) is 4.79. The van der Waals surface area contributed by atoms with Gasteiger partial charge in [-0.25, -0.2) is 0 Å². The number of halogens is 1. The number of hydrogen-bond acceptors (Lipinski definition) is 4. The van der Waals surface area contributed by atoms with Crippen LogP contribution in [0.25, 0.3) is 0 Å². The Balaban J connectivity index is 0.000001000. The van der Waals surface area contributed by atoms with Gasteiger partial charge in [-0.3, -0.25) is 9.79 Å². The molecular formula is C5H10ClN3O2. The molecule has 0 fully saturated rings. The molecule has 0 aromatic heterocycles. The van der Waals surface area contributed by atoms with E-state index in [2.05, 4.69) is 15.6 Å². The summed E-state index contributed by atoms with van der Waals surface area (Å²) >= 11 is 0. The van der Waals surface area contributed by atoms with E-state index in [4.69, 9.17) is 5.11 Å². The number of nitrogens with zero attached hydrogens (tertiary/aromatic N) is 1. The molecule has 1 aliphatic rings. The number of carbonyl (C=O) groups is 1. The summed E-state index contributed by atoms with van der Waals surface area (Å²) in [5, 5.41) is 13.7. The average molecular weight is 180 g/mol. The van der Waals surface area contributed by atoms with Crippen LogP contribution in [0.5, 0.6) is 0 Å². The van der Waals surface area contributed by atoms with Gasteiger partial charge in [-0.2, -0.15) is 0 Å². The number of aliphatic carboxylic acids is 1. The van der Waals surface area contributed by atoms with Crippen LogP contribution in [0.2, 0.25) is 0 Å². The van der Waals surface area contributed by atoms with Gasteiger partial charge in [0.1, 0.15) is 6.54 Å². The lowest BCUT2D eigenvalue weighted by Crippen LogP contribution is -2.36. The molecule has 0 radical (unpaired) electrons. The summed E-state index contributed by atoms with van der Waals surface area (Å²) in [5.41, 5.74) is 0. The van der Waals surface area contributed by atoms with E-state index in [9.17, 15) is 4.79 Å². The molecule has 0 bridgehead atoms. The zero-order valence-corrected chi connectivity index (χ0v) is 6.65. The summed E-state index contributed by atoms with van der Waals surface area (Å²) in [6.07, 6.45) is 0. The molecule has 0 amide bonds. The number of carboxylic acids is 1. The van der Waals surface area contributed by atoms with Gasteiger partial charge in [-0.15, -0.1) is 12.4 Å². The van der Waals surface area contributed by atoms with Gasteiger partial charge >= 0.3 is 5.97 Å². The molecule has 1 heterocycles. The second-order valence-corrected chi connectivity index (χ2v) is 1.90. The third kappa shape index (κ3) is 3.67. The maximum Gasteiger partial charge on any atom is 0.322 e. The Bertz CT molecular complexity index is 171. The Morgan fingerprint density at radius 3 is 3.00 bits per heavy atom. The number of guanidine groups is 1. The van der Waals surface area contributed by atoms with E-state index in [0.29, 0.717) is 5.96 Å². The Labute approximate surface area is 70.3 Å². The van der Waals surface area contributed by atoms with Gasteiger partial charge in [0.25, 0.3) is 0 Å². The van der Waals surface area contributed by atoms with Crippen LogP contribution >= 0.6 is 12.4 Å². The summed E-state index contributed by atoms with van der Waals surface area (Å²) in [4.78, 5) is 13.9. The fourth-order valence-corrected chi connectivity index (χ4v) is 0.676. The Hall–Kier alpha value is -0.970. The third-order valence-corrected chi connectivity index (χ3v) is 1.08. The molecule has 0 unspecified atom stereocenters. The molecule has 0 aliphatic carbocycles. The predicted octanol–water partition coefficient (Wildman–Crippen LogP) is -0.958. The van der Waals surface area contributed by atoms with Crippen molar-refractivity contribution in [3.8, 4) is 0 Å². The van der Waals surface area contributed by atoms with Gasteiger partial charge in [0.05, 0.1) is 6.54 Å². The Kier molecular flexibility index (Phi) is 4.36. The smallest absolute Gasteiger partial charge is 0.322 e. The summed E-state index contributed by atoms with van der Waals surface area (Å²) in [6, 6.07) is 0. The van der Waals surface area contributed by atoms with Gasteiger partial charge in [0.15, 0.2) is 5.96 Å². The quantitative estimate of drug-likeness (QED) is 0.511. The number of nitrogens with one attached hydrogen (secondary N) is 2. The van der Waals surface area contributed by atoms with Crippen LogP contribution in [0.15, 0.2) is 4.99 Å². The minimum atomic E-state index is -0.878. The van der Waals surface area contributed by atoms with Crippen LogP contribution in [0.1, 0.15) is 0 Å². The van der Waals surface area contributed by atoms with Crippen molar-refractivity contribution in [2.45, 2.75) is 0 Å². The Morgan fingerprint density at radius 2 is 2.55 bits per heavy atom. The highest BCUT2D eigenvalue weighted by Gasteiger charge is 2.04. The highest BCUT2D eigenvalue weighted by Crippen LogP contribution is 1.79. The number of hydrogen-bond donors (Lipinski definition) is 3. The normalized spacial score (nSPS) is 14.4. The summed E-state index contributed by atoms with van der Waals surface area (Å²) < 4.78 is 0. The molecule has 64 valence electrons. The van der Waals surface area contributed by atoms with E-state index >= 15 is 0 Å². The summed E-state index contributed by atoms with van der Waals surface area (Å²) in [7, 11) is 0. The highest BCUT2D eigenvalue weighted by molar-refractivity contribution is 5.85. The minimum absolute atomic E-state index is 0. The molecule has 3 N–H and O–H groups in total. The first-order chi connectivity index (χ1) is 4.79. The first-order valence-corrected chi connectivity index (χ1v) is 3.03. The van der Waals surface area contributed by atoms with Crippen molar-refractivity contribution >= 4 is 24.3 Å². The number of carboxylic acid groups (broad SMARTS) is 1. The average Bonchev–Trinajstić information content (AvgIpc) is 2.34. The van der Waals surface area contributed by atoms with E-state index in [1.54, 1.807) is 0 Å². The standard InChI is InChI=1S/C5H9N3O2.ClH/c9-4(10)3-8-5-6-1-2-7-5;/h1-3H2,(H,9,10)(H2,6,7,8);1H. The van der Waals surface area contributed by atoms with Crippen molar-refractivity contribution in [3.63, 3.8) is 0 Å². The van der Waals surface area contributed by atoms with E-state index in [-0.39, 0.29) is 19.0 Å². The maximum atomic E-state index is 10.0. The molecule has 0 saturated heterocycles. The molecular weight excluding hydrogens is 170 g/mol. The second-order valence-electron chi connectivity index (χ2n) is 1.90. The van der Waals surface area contributed by atoms with Crippen molar-refractivity contribution in [2.75, 3.05) is 19.6 Å². The van der Waals surface area contributed by atoms with Crippen molar-refractivity contribution in [1.82, 2.24) is 10.6 Å². The van der Waals surface area contributed by atoms with Crippen LogP contribution in [-0.2, 0) is 4.79 Å². The fourth-order valence-electron chi connectivity index (χ4n) is 0.676. The molecule has 0 atom stereocenters. The van der Waals surface area contributed by atoms with Gasteiger partial charge < -0.3 is 15.7 Å². The molecule has 6 heteroatoms. The zero-order valence-electron chi connectivity index (χ0n) is 5.83.